The minimum Gasteiger partial charge on any atom is -0.616 e. The number of aryl methyl sites for hydroxylation is 2. The molecule has 2 N–H and O–H groups in total. The van der Waals surface area contributed by atoms with Crippen molar-refractivity contribution in [3.63, 3.8) is 0 Å². The van der Waals surface area contributed by atoms with Crippen LogP contribution in [0.4, 0.5) is 0 Å². The lowest BCUT2D eigenvalue weighted by atomic mass is 10.0. The van der Waals surface area contributed by atoms with Gasteiger partial charge in [-0.2, -0.15) is 0 Å². The molecule has 0 aliphatic carbocycles. The van der Waals surface area contributed by atoms with Crippen molar-refractivity contribution >= 4 is 11.2 Å². The van der Waals surface area contributed by atoms with Gasteiger partial charge >= 0.3 is 0 Å². The van der Waals surface area contributed by atoms with Crippen molar-refractivity contribution < 1.29 is 4.55 Å². The van der Waals surface area contributed by atoms with Gasteiger partial charge in [-0.3, -0.25) is 0 Å². The molecule has 0 fully saturated rings. The molecule has 0 saturated heterocycles. The second kappa shape index (κ2) is 6.94. The molecule has 0 bridgehead atoms. The molecule has 0 radical (unpaired) electrons. The van der Waals surface area contributed by atoms with E-state index in [9.17, 15) is 4.55 Å². The molecular formula is C13H21NOS. The third-order valence-electron chi connectivity index (χ3n) is 2.49. The topological polar surface area (TPSA) is 49.1 Å². The number of benzene rings is 1. The van der Waals surface area contributed by atoms with Crippen LogP contribution in [0.5, 0.6) is 0 Å². The maximum atomic E-state index is 11.2. The van der Waals surface area contributed by atoms with E-state index in [1.165, 1.54) is 16.7 Å². The molecule has 1 unspecified atom stereocenters. The number of rotatable bonds is 6. The largest absolute Gasteiger partial charge is 0.616 e. The van der Waals surface area contributed by atoms with Crippen LogP contribution in [-0.2, 0) is 23.3 Å². The van der Waals surface area contributed by atoms with Gasteiger partial charge < -0.3 is 10.3 Å². The zero-order valence-corrected chi connectivity index (χ0v) is 11.0. The van der Waals surface area contributed by atoms with Gasteiger partial charge in [0.15, 0.2) is 0 Å². The van der Waals surface area contributed by atoms with Gasteiger partial charge in [-0.15, -0.1) is 0 Å². The average molecular weight is 239 g/mol. The second-order valence-electron chi connectivity index (χ2n) is 4.29. The Morgan fingerprint density at radius 1 is 1.19 bits per heavy atom. The first-order valence-corrected chi connectivity index (χ1v) is 7.44. The molecule has 0 aliphatic rings. The van der Waals surface area contributed by atoms with E-state index >= 15 is 0 Å². The smallest absolute Gasteiger partial charge is 0.130 e. The summed E-state index contributed by atoms with van der Waals surface area (Å²) < 4.78 is 11.2. The molecule has 0 saturated carbocycles. The summed E-state index contributed by atoms with van der Waals surface area (Å²) in [5, 5.41) is 0. The predicted molar refractivity (Wildman–Crippen MR) is 70.9 cm³/mol. The summed E-state index contributed by atoms with van der Waals surface area (Å²) >= 11 is -0.760. The molecule has 90 valence electrons. The number of hydrogen-bond acceptors (Lipinski definition) is 2. The summed E-state index contributed by atoms with van der Waals surface area (Å²) in [5.41, 5.74) is 9.26. The molecule has 0 heterocycles. The summed E-state index contributed by atoms with van der Waals surface area (Å²) in [6.07, 6.45) is 5.02. The Labute approximate surface area is 101 Å². The van der Waals surface area contributed by atoms with Crippen LogP contribution >= 0.6 is 0 Å². The van der Waals surface area contributed by atoms with E-state index in [0.717, 1.165) is 25.8 Å². The first kappa shape index (κ1) is 13.6. The third kappa shape index (κ3) is 5.01. The monoisotopic (exact) mass is 239 g/mol. The first-order valence-electron chi connectivity index (χ1n) is 5.71. The summed E-state index contributed by atoms with van der Waals surface area (Å²) in [6.45, 7) is 2.85. The summed E-state index contributed by atoms with van der Waals surface area (Å²) in [6, 6.07) is 6.50. The van der Waals surface area contributed by atoms with Gasteiger partial charge in [-0.1, -0.05) is 34.9 Å². The Bertz CT molecular complexity index is 326. The highest BCUT2D eigenvalue weighted by molar-refractivity contribution is 7.89. The third-order valence-corrected chi connectivity index (χ3v) is 3.23. The Balaban J connectivity index is 2.65. The number of hydrogen-bond donors (Lipinski definition) is 1. The lowest BCUT2D eigenvalue weighted by Crippen LogP contribution is -2.02. The Kier molecular flexibility index (Phi) is 5.88. The molecule has 0 spiro atoms. The highest BCUT2D eigenvalue weighted by Gasteiger charge is 2.04. The zero-order valence-electron chi connectivity index (χ0n) is 10.2. The lowest BCUT2D eigenvalue weighted by molar-refractivity contribution is 0.600. The highest BCUT2D eigenvalue weighted by atomic mass is 32.2. The molecule has 1 aromatic rings. The highest BCUT2D eigenvalue weighted by Crippen LogP contribution is 2.14. The van der Waals surface area contributed by atoms with Crippen LogP contribution < -0.4 is 5.73 Å². The van der Waals surface area contributed by atoms with Gasteiger partial charge in [-0.05, 0) is 38.3 Å². The number of nitrogens with two attached hydrogens (primary N) is 1. The van der Waals surface area contributed by atoms with Crippen molar-refractivity contribution in [2.45, 2.75) is 31.9 Å². The van der Waals surface area contributed by atoms with E-state index < -0.39 is 11.2 Å². The predicted octanol–water partition coefficient (Wildman–Crippen LogP) is 2.15. The molecule has 0 amide bonds. The van der Waals surface area contributed by atoms with Gasteiger partial charge in [0, 0.05) is 5.56 Å². The van der Waals surface area contributed by atoms with Gasteiger partial charge in [0.05, 0.1) is 6.26 Å². The normalized spacial score (nSPS) is 12.8. The van der Waals surface area contributed by atoms with Crippen LogP contribution in [0.15, 0.2) is 18.2 Å². The lowest BCUT2D eigenvalue weighted by Gasteiger charge is -2.09. The van der Waals surface area contributed by atoms with Crippen molar-refractivity contribution in [3.05, 3.63) is 34.9 Å². The standard InChI is InChI=1S/C13H21NOS/c1-11-7-12(5-3-4-6-14)9-13(8-11)10-16(2)15/h7-9H,3-6,10,14H2,1-2H3. The minimum absolute atomic E-state index is 0.658. The average Bonchev–Trinajstić information content (AvgIpc) is 2.16. The molecule has 1 atom stereocenters. The van der Waals surface area contributed by atoms with E-state index in [-0.39, 0.29) is 0 Å². The van der Waals surface area contributed by atoms with E-state index in [2.05, 4.69) is 25.1 Å². The van der Waals surface area contributed by atoms with Crippen molar-refractivity contribution in [2.75, 3.05) is 12.8 Å². The van der Waals surface area contributed by atoms with Crippen molar-refractivity contribution in [1.82, 2.24) is 0 Å². The van der Waals surface area contributed by atoms with Crippen LogP contribution in [-0.4, -0.2) is 17.4 Å². The molecule has 1 rings (SSSR count). The fourth-order valence-corrected chi connectivity index (χ4v) is 2.52. The Hall–Kier alpha value is -0.510. The summed E-state index contributed by atoms with van der Waals surface area (Å²) in [5.74, 6) is 0.658. The number of unbranched alkanes of at least 4 members (excludes halogenated alkanes) is 1. The molecule has 16 heavy (non-hydrogen) atoms. The zero-order chi connectivity index (χ0) is 12.0. The van der Waals surface area contributed by atoms with Crippen LogP contribution in [0.25, 0.3) is 0 Å². The quantitative estimate of drug-likeness (QED) is 0.611. The summed E-state index contributed by atoms with van der Waals surface area (Å²) in [4.78, 5) is 0. The van der Waals surface area contributed by atoms with Crippen LogP contribution in [0.2, 0.25) is 0 Å². The maximum Gasteiger partial charge on any atom is 0.130 e. The van der Waals surface area contributed by atoms with Gasteiger partial charge in [0.25, 0.3) is 0 Å². The maximum absolute atomic E-state index is 11.2. The van der Waals surface area contributed by atoms with Crippen LogP contribution in [0.1, 0.15) is 29.5 Å². The van der Waals surface area contributed by atoms with Gasteiger partial charge in [-0.25, -0.2) is 0 Å². The van der Waals surface area contributed by atoms with Crippen molar-refractivity contribution in [3.8, 4) is 0 Å². The van der Waals surface area contributed by atoms with Crippen molar-refractivity contribution in [1.29, 1.82) is 0 Å². The van der Waals surface area contributed by atoms with E-state index in [1.54, 1.807) is 6.26 Å². The van der Waals surface area contributed by atoms with Crippen LogP contribution in [0.3, 0.4) is 0 Å². The van der Waals surface area contributed by atoms with Gasteiger partial charge in [0.2, 0.25) is 0 Å². The van der Waals surface area contributed by atoms with Crippen LogP contribution in [0, 0.1) is 6.92 Å². The molecule has 1 aromatic carbocycles. The molecule has 2 nitrogen and oxygen atoms in total. The molecular weight excluding hydrogens is 218 g/mol. The molecule has 3 heteroatoms. The van der Waals surface area contributed by atoms with E-state index in [0.29, 0.717) is 5.75 Å². The summed E-state index contributed by atoms with van der Waals surface area (Å²) in [7, 11) is 0. The van der Waals surface area contributed by atoms with Gasteiger partial charge in [0.1, 0.15) is 5.75 Å². The Morgan fingerprint density at radius 2 is 1.88 bits per heavy atom. The molecule has 0 aromatic heterocycles. The Morgan fingerprint density at radius 3 is 2.50 bits per heavy atom. The molecule has 0 aliphatic heterocycles. The minimum atomic E-state index is -0.760. The van der Waals surface area contributed by atoms with E-state index in [4.69, 9.17) is 5.73 Å². The fourth-order valence-electron chi connectivity index (χ4n) is 1.88. The SMILES string of the molecule is Cc1cc(CCCCN)cc(C[S+](C)[O-])c1. The van der Waals surface area contributed by atoms with E-state index in [1.807, 2.05) is 0 Å². The fraction of sp³-hybridized carbons (Fsp3) is 0.538. The second-order valence-corrected chi connectivity index (χ2v) is 5.73. The van der Waals surface area contributed by atoms with Crippen molar-refractivity contribution in [2.24, 2.45) is 5.73 Å². The first-order chi connectivity index (χ1) is 7.61.